The molecule has 2 aromatic heterocycles. The Morgan fingerprint density at radius 1 is 1.43 bits per heavy atom. The Balaban J connectivity index is 2.34. The van der Waals surface area contributed by atoms with Gasteiger partial charge in [-0.2, -0.15) is 0 Å². The third-order valence-corrected chi connectivity index (χ3v) is 2.03. The number of pyridine rings is 1. The Kier molecular flexibility index (Phi) is 2.24. The lowest BCUT2D eigenvalue weighted by atomic mass is 10.1. The number of aryl methyl sites for hydroxylation is 1. The SMILES string of the molecule is Cn1nncc1C(O)c1cccnc1. The van der Waals surface area contributed by atoms with E-state index in [0.717, 1.165) is 5.56 Å². The molecule has 0 saturated heterocycles. The van der Waals surface area contributed by atoms with Crippen LogP contribution in [0.1, 0.15) is 17.4 Å². The monoisotopic (exact) mass is 190 g/mol. The lowest BCUT2D eigenvalue weighted by molar-refractivity contribution is 0.209. The highest BCUT2D eigenvalue weighted by Gasteiger charge is 2.14. The molecule has 5 heteroatoms. The summed E-state index contributed by atoms with van der Waals surface area (Å²) in [6, 6.07) is 3.59. The molecule has 0 aromatic carbocycles. The predicted octanol–water partition coefficient (Wildman–Crippen LogP) is 0.292. The number of aliphatic hydroxyl groups excluding tert-OH is 1. The van der Waals surface area contributed by atoms with Crippen molar-refractivity contribution in [3.8, 4) is 0 Å². The van der Waals surface area contributed by atoms with Gasteiger partial charge in [0.05, 0.1) is 11.9 Å². The van der Waals surface area contributed by atoms with Crippen molar-refractivity contribution in [2.24, 2.45) is 7.05 Å². The maximum atomic E-state index is 9.92. The molecule has 2 aromatic rings. The summed E-state index contributed by atoms with van der Waals surface area (Å²) >= 11 is 0. The van der Waals surface area contributed by atoms with Gasteiger partial charge < -0.3 is 5.11 Å². The van der Waals surface area contributed by atoms with Crippen LogP contribution in [-0.4, -0.2) is 25.1 Å². The summed E-state index contributed by atoms with van der Waals surface area (Å²) in [7, 11) is 1.74. The van der Waals surface area contributed by atoms with Gasteiger partial charge in [-0.05, 0) is 6.07 Å². The van der Waals surface area contributed by atoms with Crippen molar-refractivity contribution in [2.45, 2.75) is 6.10 Å². The van der Waals surface area contributed by atoms with Crippen LogP contribution < -0.4 is 0 Å². The van der Waals surface area contributed by atoms with E-state index in [1.165, 1.54) is 10.9 Å². The molecule has 0 spiro atoms. The fraction of sp³-hybridized carbons (Fsp3) is 0.222. The second-order valence-corrected chi connectivity index (χ2v) is 2.97. The number of hydrogen-bond acceptors (Lipinski definition) is 4. The molecule has 1 N–H and O–H groups in total. The fourth-order valence-corrected chi connectivity index (χ4v) is 1.25. The lowest BCUT2D eigenvalue weighted by Gasteiger charge is -2.09. The highest BCUT2D eigenvalue weighted by atomic mass is 16.3. The number of rotatable bonds is 2. The van der Waals surface area contributed by atoms with Crippen LogP contribution in [0.15, 0.2) is 30.7 Å². The molecule has 72 valence electrons. The van der Waals surface area contributed by atoms with Crippen LogP contribution in [-0.2, 0) is 7.05 Å². The van der Waals surface area contributed by atoms with Crippen LogP contribution in [0.25, 0.3) is 0 Å². The molecule has 0 amide bonds. The number of nitrogens with zero attached hydrogens (tertiary/aromatic N) is 4. The quantitative estimate of drug-likeness (QED) is 0.739. The molecule has 0 bridgehead atoms. The molecule has 0 aliphatic heterocycles. The standard InChI is InChI=1S/C9H10N4O/c1-13-8(6-11-12-13)9(14)7-3-2-4-10-5-7/h2-6,9,14H,1H3. The van der Waals surface area contributed by atoms with Crippen LogP contribution in [0.5, 0.6) is 0 Å². The van der Waals surface area contributed by atoms with Crippen molar-refractivity contribution in [3.63, 3.8) is 0 Å². The summed E-state index contributed by atoms with van der Waals surface area (Å²) in [5.41, 5.74) is 1.39. The fourth-order valence-electron chi connectivity index (χ4n) is 1.25. The van der Waals surface area contributed by atoms with Crippen molar-refractivity contribution in [1.82, 2.24) is 20.0 Å². The Hall–Kier alpha value is -1.75. The molecule has 1 unspecified atom stereocenters. The van der Waals surface area contributed by atoms with Crippen molar-refractivity contribution in [1.29, 1.82) is 0 Å². The molecule has 5 nitrogen and oxygen atoms in total. The van der Waals surface area contributed by atoms with Crippen molar-refractivity contribution in [2.75, 3.05) is 0 Å². The van der Waals surface area contributed by atoms with Gasteiger partial charge in [-0.25, -0.2) is 4.68 Å². The van der Waals surface area contributed by atoms with Crippen LogP contribution in [0.3, 0.4) is 0 Å². The Morgan fingerprint density at radius 3 is 2.86 bits per heavy atom. The van der Waals surface area contributed by atoms with Gasteiger partial charge in [0, 0.05) is 25.0 Å². The smallest absolute Gasteiger partial charge is 0.124 e. The molecule has 2 rings (SSSR count). The van der Waals surface area contributed by atoms with E-state index >= 15 is 0 Å². The first-order valence-electron chi connectivity index (χ1n) is 4.21. The van der Waals surface area contributed by atoms with Crippen molar-refractivity contribution in [3.05, 3.63) is 42.0 Å². The van der Waals surface area contributed by atoms with Crippen molar-refractivity contribution >= 4 is 0 Å². The summed E-state index contributed by atoms with van der Waals surface area (Å²) in [6.45, 7) is 0. The molecule has 2 heterocycles. The minimum absolute atomic E-state index is 0.651. The van der Waals surface area contributed by atoms with Gasteiger partial charge in [0.2, 0.25) is 0 Å². The molecule has 1 atom stereocenters. The van der Waals surface area contributed by atoms with E-state index in [0.29, 0.717) is 5.69 Å². The van der Waals surface area contributed by atoms with E-state index in [9.17, 15) is 5.11 Å². The third-order valence-electron chi connectivity index (χ3n) is 2.03. The first-order valence-corrected chi connectivity index (χ1v) is 4.21. The van der Waals surface area contributed by atoms with E-state index in [1.807, 2.05) is 6.07 Å². The molecular weight excluding hydrogens is 180 g/mol. The van der Waals surface area contributed by atoms with Crippen LogP contribution in [0.2, 0.25) is 0 Å². The minimum Gasteiger partial charge on any atom is -0.382 e. The van der Waals surface area contributed by atoms with E-state index in [4.69, 9.17) is 0 Å². The van der Waals surface area contributed by atoms with E-state index in [2.05, 4.69) is 15.3 Å². The molecule has 0 fully saturated rings. The molecule has 0 aliphatic carbocycles. The van der Waals surface area contributed by atoms with E-state index in [1.54, 1.807) is 25.5 Å². The number of aliphatic hydroxyl groups is 1. The van der Waals surface area contributed by atoms with E-state index < -0.39 is 6.10 Å². The van der Waals surface area contributed by atoms with Gasteiger partial charge in [-0.3, -0.25) is 4.98 Å². The highest BCUT2D eigenvalue weighted by Crippen LogP contribution is 2.18. The summed E-state index contributed by atoms with van der Waals surface area (Å²) in [5.74, 6) is 0. The first kappa shape index (κ1) is 8.83. The van der Waals surface area contributed by atoms with Gasteiger partial charge >= 0.3 is 0 Å². The highest BCUT2D eigenvalue weighted by molar-refractivity contribution is 5.20. The Bertz CT molecular complexity index is 412. The maximum Gasteiger partial charge on any atom is 0.124 e. The summed E-state index contributed by atoms with van der Waals surface area (Å²) < 4.78 is 1.54. The van der Waals surface area contributed by atoms with Crippen molar-refractivity contribution < 1.29 is 5.11 Å². The molecule has 0 aliphatic rings. The second-order valence-electron chi connectivity index (χ2n) is 2.97. The maximum absolute atomic E-state index is 9.92. The normalized spacial score (nSPS) is 12.7. The third kappa shape index (κ3) is 1.49. The number of aromatic nitrogens is 4. The average molecular weight is 190 g/mol. The largest absolute Gasteiger partial charge is 0.382 e. The summed E-state index contributed by atoms with van der Waals surface area (Å²) in [6.07, 6.45) is 4.11. The summed E-state index contributed by atoms with van der Waals surface area (Å²) in [4.78, 5) is 3.94. The average Bonchev–Trinajstić information content (AvgIpc) is 2.65. The zero-order valence-corrected chi connectivity index (χ0v) is 7.70. The van der Waals surface area contributed by atoms with Gasteiger partial charge in [-0.1, -0.05) is 11.3 Å². The van der Waals surface area contributed by atoms with Gasteiger partial charge in [0.15, 0.2) is 0 Å². The number of hydrogen-bond donors (Lipinski definition) is 1. The molecule has 0 radical (unpaired) electrons. The second kappa shape index (κ2) is 3.55. The van der Waals surface area contributed by atoms with Crippen LogP contribution in [0, 0.1) is 0 Å². The zero-order valence-electron chi connectivity index (χ0n) is 7.70. The first-order chi connectivity index (χ1) is 6.79. The Labute approximate surface area is 81.0 Å². The topological polar surface area (TPSA) is 63.8 Å². The van der Waals surface area contributed by atoms with Gasteiger partial charge in [-0.15, -0.1) is 5.10 Å². The Morgan fingerprint density at radius 2 is 2.29 bits per heavy atom. The molecule has 0 saturated carbocycles. The molecule has 14 heavy (non-hydrogen) atoms. The lowest BCUT2D eigenvalue weighted by Crippen LogP contribution is -2.06. The molecular formula is C9H10N4O. The predicted molar refractivity (Wildman–Crippen MR) is 49.3 cm³/mol. The van der Waals surface area contributed by atoms with Crippen LogP contribution >= 0.6 is 0 Å². The van der Waals surface area contributed by atoms with Gasteiger partial charge in [0.1, 0.15) is 6.10 Å². The zero-order chi connectivity index (χ0) is 9.97. The van der Waals surface area contributed by atoms with Gasteiger partial charge in [0.25, 0.3) is 0 Å². The van der Waals surface area contributed by atoms with E-state index in [-0.39, 0.29) is 0 Å². The minimum atomic E-state index is -0.719. The van der Waals surface area contributed by atoms with Crippen LogP contribution in [0.4, 0.5) is 0 Å². The summed E-state index contributed by atoms with van der Waals surface area (Å²) in [5, 5.41) is 17.4.